The third-order valence-electron chi connectivity index (χ3n) is 5.13. The van der Waals surface area contributed by atoms with Crippen LogP contribution >= 0.6 is 0 Å². The number of amides is 2. The molecule has 0 atom stereocenters. The summed E-state index contributed by atoms with van der Waals surface area (Å²) >= 11 is 0. The van der Waals surface area contributed by atoms with Crippen molar-refractivity contribution in [3.05, 3.63) is 30.2 Å². The van der Waals surface area contributed by atoms with Crippen LogP contribution in [0.25, 0.3) is 11.1 Å². The molecule has 2 aliphatic rings. The fraction of sp³-hybridized carbons (Fsp3) is 0.500. The first-order valence-electron chi connectivity index (χ1n) is 8.64. The number of carbonyl (C=O) groups is 2. The summed E-state index contributed by atoms with van der Waals surface area (Å²) in [5.74, 6) is 0.492. The SMILES string of the molecule is O=C(c1ccc2ncoc2c1)N1CCCN(C(=O)C2CCC2)CC1. The first-order chi connectivity index (χ1) is 11.7. The summed E-state index contributed by atoms with van der Waals surface area (Å²) in [4.78, 5) is 33.0. The van der Waals surface area contributed by atoms with E-state index in [-0.39, 0.29) is 17.7 Å². The van der Waals surface area contributed by atoms with E-state index in [2.05, 4.69) is 4.98 Å². The molecule has 1 aromatic heterocycles. The molecule has 2 amide bonds. The standard InChI is InChI=1S/C18H21N3O3/c22-17(13-3-1-4-13)20-7-2-8-21(10-9-20)18(23)14-5-6-15-16(11-14)24-12-19-15/h5-6,11-13H,1-4,7-10H2. The Morgan fingerprint density at radius 3 is 2.62 bits per heavy atom. The third kappa shape index (κ3) is 2.77. The number of nitrogens with zero attached hydrogens (tertiary/aromatic N) is 3. The molecular weight excluding hydrogens is 306 g/mol. The van der Waals surface area contributed by atoms with Crippen LogP contribution in [-0.2, 0) is 4.79 Å². The summed E-state index contributed by atoms with van der Waals surface area (Å²) < 4.78 is 5.28. The fourth-order valence-corrected chi connectivity index (χ4v) is 3.43. The van der Waals surface area contributed by atoms with Crippen LogP contribution in [0.4, 0.5) is 0 Å². The summed E-state index contributed by atoms with van der Waals surface area (Å²) in [5.41, 5.74) is 1.98. The van der Waals surface area contributed by atoms with Crippen molar-refractivity contribution in [2.24, 2.45) is 5.92 Å². The molecule has 2 fully saturated rings. The van der Waals surface area contributed by atoms with Crippen LogP contribution in [-0.4, -0.2) is 52.8 Å². The number of carbonyl (C=O) groups excluding carboxylic acids is 2. The molecule has 6 heteroatoms. The lowest BCUT2D eigenvalue weighted by molar-refractivity contribution is -0.138. The molecule has 0 bridgehead atoms. The molecule has 0 radical (unpaired) electrons. The summed E-state index contributed by atoms with van der Waals surface area (Å²) in [7, 11) is 0. The quantitative estimate of drug-likeness (QED) is 0.849. The second kappa shape index (κ2) is 6.26. The smallest absolute Gasteiger partial charge is 0.254 e. The van der Waals surface area contributed by atoms with Crippen LogP contribution in [0.3, 0.4) is 0 Å². The highest BCUT2D eigenvalue weighted by Crippen LogP contribution is 2.28. The molecule has 2 aromatic rings. The molecule has 1 aliphatic heterocycles. The summed E-state index contributed by atoms with van der Waals surface area (Å²) in [6, 6.07) is 5.33. The van der Waals surface area contributed by atoms with Gasteiger partial charge in [-0.05, 0) is 37.5 Å². The molecule has 1 saturated carbocycles. The third-order valence-corrected chi connectivity index (χ3v) is 5.13. The van der Waals surface area contributed by atoms with Crippen LogP contribution in [0.15, 0.2) is 29.0 Å². The predicted octanol–water partition coefficient (Wildman–Crippen LogP) is 2.30. The largest absolute Gasteiger partial charge is 0.443 e. The van der Waals surface area contributed by atoms with Gasteiger partial charge in [-0.1, -0.05) is 6.42 Å². The minimum absolute atomic E-state index is 0.00811. The zero-order valence-electron chi connectivity index (χ0n) is 13.6. The van der Waals surface area contributed by atoms with Crippen molar-refractivity contribution in [3.8, 4) is 0 Å². The maximum absolute atomic E-state index is 12.8. The summed E-state index contributed by atoms with van der Waals surface area (Å²) in [5, 5.41) is 0. The number of oxazole rings is 1. The van der Waals surface area contributed by atoms with E-state index in [1.54, 1.807) is 18.2 Å². The zero-order valence-corrected chi connectivity index (χ0v) is 13.6. The molecule has 6 nitrogen and oxygen atoms in total. The van der Waals surface area contributed by atoms with Crippen molar-refractivity contribution < 1.29 is 14.0 Å². The van der Waals surface area contributed by atoms with Gasteiger partial charge in [0.15, 0.2) is 12.0 Å². The highest BCUT2D eigenvalue weighted by atomic mass is 16.3. The first-order valence-corrected chi connectivity index (χ1v) is 8.64. The van der Waals surface area contributed by atoms with Gasteiger partial charge in [-0.3, -0.25) is 9.59 Å². The maximum atomic E-state index is 12.8. The lowest BCUT2D eigenvalue weighted by Crippen LogP contribution is -2.41. The minimum atomic E-state index is -0.00811. The average molecular weight is 327 g/mol. The Labute approximate surface area is 140 Å². The van der Waals surface area contributed by atoms with Crippen molar-refractivity contribution in [3.63, 3.8) is 0 Å². The number of hydrogen-bond acceptors (Lipinski definition) is 4. The number of aromatic nitrogens is 1. The Kier molecular flexibility index (Phi) is 3.96. The second-order valence-electron chi connectivity index (χ2n) is 6.63. The van der Waals surface area contributed by atoms with E-state index < -0.39 is 0 Å². The van der Waals surface area contributed by atoms with E-state index in [9.17, 15) is 9.59 Å². The lowest BCUT2D eigenvalue weighted by Gasteiger charge is -2.31. The van der Waals surface area contributed by atoms with Crippen LogP contribution in [0, 0.1) is 5.92 Å². The molecule has 1 saturated heterocycles. The van der Waals surface area contributed by atoms with E-state index in [4.69, 9.17) is 4.42 Å². The average Bonchev–Trinajstić information content (AvgIpc) is 2.87. The van der Waals surface area contributed by atoms with E-state index in [1.807, 2.05) is 9.80 Å². The van der Waals surface area contributed by atoms with Gasteiger partial charge in [0, 0.05) is 37.7 Å². The monoisotopic (exact) mass is 327 g/mol. The normalized spacial score (nSPS) is 19.2. The van der Waals surface area contributed by atoms with Gasteiger partial charge in [-0.25, -0.2) is 4.98 Å². The molecule has 4 rings (SSSR count). The molecular formula is C18H21N3O3. The molecule has 0 spiro atoms. The number of fused-ring (bicyclic) bond motifs is 1. The van der Waals surface area contributed by atoms with Crippen molar-refractivity contribution in [2.45, 2.75) is 25.7 Å². The Bertz CT molecular complexity index is 766. The van der Waals surface area contributed by atoms with E-state index in [0.29, 0.717) is 30.8 Å². The van der Waals surface area contributed by atoms with Crippen molar-refractivity contribution in [1.82, 2.24) is 14.8 Å². The van der Waals surface area contributed by atoms with Crippen LogP contribution in [0.1, 0.15) is 36.0 Å². The highest BCUT2D eigenvalue weighted by molar-refractivity contribution is 5.97. The van der Waals surface area contributed by atoms with Gasteiger partial charge in [-0.15, -0.1) is 0 Å². The van der Waals surface area contributed by atoms with Gasteiger partial charge in [-0.2, -0.15) is 0 Å². The van der Waals surface area contributed by atoms with E-state index in [1.165, 1.54) is 12.8 Å². The van der Waals surface area contributed by atoms with Gasteiger partial charge < -0.3 is 14.2 Å². The Morgan fingerprint density at radius 1 is 1.04 bits per heavy atom. The molecule has 1 aliphatic carbocycles. The van der Waals surface area contributed by atoms with Gasteiger partial charge in [0.25, 0.3) is 5.91 Å². The van der Waals surface area contributed by atoms with E-state index in [0.717, 1.165) is 31.3 Å². The molecule has 1 aromatic carbocycles. The lowest BCUT2D eigenvalue weighted by atomic mass is 9.84. The molecule has 0 N–H and O–H groups in total. The maximum Gasteiger partial charge on any atom is 0.254 e. The predicted molar refractivity (Wildman–Crippen MR) is 88.5 cm³/mol. The van der Waals surface area contributed by atoms with E-state index >= 15 is 0 Å². The van der Waals surface area contributed by atoms with Crippen LogP contribution in [0.2, 0.25) is 0 Å². The molecule has 24 heavy (non-hydrogen) atoms. The number of hydrogen-bond donors (Lipinski definition) is 0. The fourth-order valence-electron chi connectivity index (χ4n) is 3.43. The zero-order chi connectivity index (χ0) is 16.5. The Hall–Kier alpha value is -2.37. The van der Waals surface area contributed by atoms with Crippen molar-refractivity contribution in [1.29, 1.82) is 0 Å². The first kappa shape index (κ1) is 15.2. The van der Waals surface area contributed by atoms with Gasteiger partial charge in [0.05, 0.1) is 0 Å². The van der Waals surface area contributed by atoms with Crippen molar-refractivity contribution in [2.75, 3.05) is 26.2 Å². The second-order valence-corrected chi connectivity index (χ2v) is 6.63. The topological polar surface area (TPSA) is 66.7 Å². The Morgan fingerprint density at radius 2 is 1.83 bits per heavy atom. The summed E-state index contributed by atoms with van der Waals surface area (Å²) in [6.07, 6.45) is 5.42. The van der Waals surface area contributed by atoms with Gasteiger partial charge in [0.1, 0.15) is 5.52 Å². The van der Waals surface area contributed by atoms with Gasteiger partial charge >= 0.3 is 0 Å². The molecule has 126 valence electrons. The number of benzene rings is 1. The van der Waals surface area contributed by atoms with Crippen LogP contribution < -0.4 is 0 Å². The number of rotatable bonds is 2. The molecule has 2 heterocycles. The minimum Gasteiger partial charge on any atom is -0.443 e. The summed E-state index contributed by atoms with van der Waals surface area (Å²) in [6.45, 7) is 2.65. The molecule has 0 unspecified atom stereocenters. The van der Waals surface area contributed by atoms with Crippen molar-refractivity contribution >= 4 is 22.9 Å². The van der Waals surface area contributed by atoms with Gasteiger partial charge in [0.2, 0.25) is 5.91 Å². The Balaban J connectivity index is 1.44. The van der Waals surface area contributed by atoms with Crippen LogP contribution in [0.5, 0.6) is 0 Å². The highest BCUT2D eigenvalue weighted by Gasteiger charge is 2.31.